The van der Waals surface area contributed by atoms with Crippen molar-refractivity contribution in [1.82, 2.24) is 68.4 Å². The number of nitrogens with one attached hydrogen (secondary N) is 10. The lowest BCUT2D eigenvalue weighted by Gasteiger charge is -2.27. The molecular formula is C51H85N13O20. The van der Waals surface area contributed by atoms with Gasteiger partial charge in [0.2, 0.25) is 76.8 Å². The predicted octanol–water partition coefficient (Wildman–Crippen LogP) is -5.10. The van der Waals surface area contributed by atoms with Crippen LogP contribution in [0.25, 0.3) is 0 Å². The van der Waals surface area contributed by atoms with E-state index in [4.69, 9.17) is 4.74 Å². The second kappa shape index (κ2) is 40.4. The molecule has 474 valence electrons. The number of aliphatic hydroxyl groups excluding tert-OH is 2. The Kier molecular flexibility index (Phi) is 35.6. The zero-order valence-corrected chi connectivity index (χ0v) is 48.3. The van der Waals surface area contributed by atoms with Crippen LogP contribution < -0.4 is 53.2 Å². The molecule has 84 heavy (non-hydrogen) atoms. The Bertz CT molecular complexity index is 2290. The summed E-state index contributed by atoms with van der Waals surface area (Å²) in [6, 6.07) is -11.7. The highest BCUT2D eigenvalue weighted by atomic mass is 16.5. The molecule has 33 heteroatoms. The fourth-order valence-electron chi connectivity index (χ4n) is 7.61. The zero-order valence-electron chi connectivity index (χ0n) is 48.3. The molecule has 0 spiro atoms. The summed E-state index contributed by atoms with van der Waals surface area (Å²) in [5, 5.41) is 74.2. The highest BCUT2D eigenvalue weighted by molar-refractivity contribution is 5.98. The standard InChI is InChI=1S/C51H85N13O20/c1-7-8-9-10-11-12-13-20-40(70)56-39-29-84-43(73)26-54-45(74)34(17-14-21-62(81)31(4)67)55-41(71)24-53-47(76)37(27-65)59-48(77)36(19-16-23-64(83)33(6)69)58-49(78)38(28-66)60-51(80)44(30(2)3)61-42(72)25-52-46(75)35(57-50(39)79)18-15-22-63(82)32(5)68/h12-13,30,34-39,44,65-66,81-83H,7-11,14-29H2,1-6H3,(H,52,75)(H,53,76)(H,54,74)(H,55,71)(H,56,70)(H,57,79)(H,58,78)(H,59,77)(H,60,80)(H,61,72)/b13-12+/t34?,35?,36?,37-,38+,39-,44-/m1/s1. The Morgan fingerprint density at radius 3 is 1.44 bits per heavy atom. The number of allylic oxidation sites excluding steroid dienone is 1. The quantitative estimate of drug-likeness (QED) is 0.0150. The van der Waals surface area contributed by atoms with Crippen LogP contribution in [0.4, 0.5) is 0 Å². The first kappa shape index (κ1) is 74.1. The second-order valence-corrected chi connectivity index (χ2v) is 19.9. The van der Waals surface area contributed by atoms with E-state index in [0.29, 0.717) is 21.6 Å². The number of amides is 13. The molecular weight excluding hydrogens is 1110 g/mol. The van der Waals surface area contributed by atoms with E-state index in [2.05, 4.69) is 60.1 Å². The molecule has 0 radical (unpaired) electrons. The lowest BCUT2D eigenvalue weighted by Crippen LogP contribution is -2.60. The first-order valence-corrected chi connectivity index (χ1v) is 27.5. The van der Waals surface area contributed by atoms with E-state index >= 15 is 0 Å². The van der Waals surface area contributed by atoms with Crippen molar-refractivity contribution in [2.24, 2.45) is 5.92 Å². The van der Waals surface area contributed by atoms with Crippen LogP contribution in [-0.4, -0.2) is 225 Å². The van der Waals surface area contributed by atoms with Crippen molar-refractivity contribution in [2.45, 2.75) is 161 Å². The van der Waals surface area contributed by atoms with Gasteiger partial charge in [-0.3, -0.25) is 82.7 Å². The van der Waals surface area contributed by atoms with E-state index in [1.165, 1.54) is 13.8 Å². The number of cyclic esters (lactones) is 1. The van der Waals surface area contributed by atoms with Gasteiger partial charge in [-0.05, 0) is 57.3 Å². The van der Waals surface area contributed by atoms with Crippen LogP contribution in [0.1, 0.15) is 119 Å². The molecule has 1 heterocycles. The zero-order chi connectivity index (χ0) is 63.5. The van der Waals surface area contributed by atoms with Crippen LogP contribution in [0.2, 0.25) is 0 Å². The number of carbonyl (C=O) groups excluding carboxylic acids is 14. The molecule has 1 fully saturated rings. The maximum Gasteiger partial charge on any atom is 0.325 e. The summed E-state index contributed by atoms with van der Waals surface area (Å²) in [5.74, 6) is -14.8. The number of ether oxygens (including phenoxy) is 1. The number of esters is 1. The topological polar surface area (TPSA) is 479 Å². The smallest absolute Gasteiger partial charge is 0.325 e. The van der Waals surface area contributed by atoms with Crippen LogP contribution in [0.15, 0.2) is 12.2 Å². The van der Waals surface area contributed by atoms with Gasteiger partial charge in [0.25, 0.3) is 0 Å². The minimum atomic E-state index is -1.84. The van der Waals surface area contributed by atoms with E-state index in [1.54, 1.807) is 12.2 Å². The van der Waals surface area contributed by atoms with Gasteiger partial charge in [0.1, 0.15) is 55.4 Å². The van der Waals surface area contributed by atoms with E-state index < -0.39 is 170 Å². The summed E-state index contributed by atoms with van der Waals surface area (Å²) in [6.45, 7) is 1.27. The predicted molar refractivity (Wildman–Crippen MR) is 290 cm³/mol. The van der Waals surface area contributed by atoms with Crippen molar-refractivity contribution in [3.05, 3.63) is 12.2 Å². The number of aliphatic hydroxyl groups is 2. The van der Waals surface area contributed by atoms with Crippen molar-refractivity contribution < 1.29 is 97.7 Å². The fraction of sp³-hybridized carbons (Fsp3) is 0.686. The molecule has 1 rings (SSSR count). The molecule has 1 aliphatic rings. The largest absolute Gasteiger partial charge is 0.462 e. The maximum atomic E-state index is 14.0. The minimum Gasteiger partial charge on any atom is -0.462 e. The Labute approximate surface area is 485 Å². The molecule has 0 aromatic heterocycles. The molecule has 0 bridgehead atoms. The van der Waals surface area contributed by atoms with Crippen LogP contribution in [0, 0.1) is 5.92 Å². The Morgan fingerprint density at radius 2 is 0.952 bits per heavy atom. The van der Waals surface area contributed by atoms with Gasteiger partial charge in [0, 0.05) is 46.8 Å². The first-order valence-electron chi connectivity index (χ1n) is 27.5. The lowest BCUT2D eigenvalue weighted by molar-refractivity contribution is -0.163. The number of nitrogens with zero attached hydrogens (tertiary/aromatic N) is 3. The average molecular weight is 1200 g/mol. The van der Waals surface area contributed by atoms with E-state index in [0.717, 1.165) is 46.5 Å². The van der Waals surface area contributed by atoms with Crippen molar-refractivity contribution >= 4 is 82.8 Å². The lowest BCUT2D eigenvalue weighted by atomic mass is 10.0. The second-order valence-electron chi connectivity index (χ2n) is 19.9. The molecule has 15 N–H and O–H groups in total. The molecule has 33 nitrogen and oxygen atoms in total. The Balaban J connectivity index is 3.82. The number of unbranched alkanes of at least 4 members (excludes halogenated alkanes) is 4. The molecule has 3 unspecified atom stereocenters. The van der Waals surface area contributed by atoms with Gasteiger partial charge in [-0.2, -0.15) is 0 Å². The monoisotopic (exact) mass is 1200 g/mol. The summed E-state index contributed by atoms with van der Waals surface area (Å²) < 4.78 is 5.28. The number of hydroxylamine groups is 6. The highest BCUT2D eigenvalue weighted by Crippen LogP contribution is 2.08. The molecule has 0 saturated carbocycles. The van der Waals surface area contributed by atoms with Crippen LogP contribution in [-0.2, 0) is 71.9 Å². The molecule has 1 saturated heterocycles. The van der Waals surface area contributed by atoms with Crippen molar-refractivity contribution in [2.75, 3.05) is 59.1 Å². The molecule has 1 aliphatic heterocycles. The average Bonchev–Trinajstić information content (AvgIpc) is 3.57. The van der Waals surface area contributed by atoms with Gasteiger partial charge in [0.05, 0.1) is 26.3 Å². The first-order chi connectivity index (χ1) is 39.6. The Hall–Kier alpha value is -7.88. The van der Waals surface area contributed by atoms with Gasteiger partial charge in [-0.15, -0.1) is 0 Å². The third kappa shape index (κ3) is 29.9. The van der Waals surface area contributed by atoms with Crippen molar-refractivity contribution in [1.29, 1.82) is 0 Å². The number of rotatable bonds is 23. The SMILES string of the molecule is CCCCCC/C=C/CC(=O)N[C@@H]1COC(=O)CNC(=O)C(CCCN(O)C(C)=O)NC(=O)CNC(=O)[C@@H](CO)NC(=O)C(CCCN(O)C(C)=O)NC(=O)[C@H](CO)NC(=O)[C@@H](C(C)C)NC(=O)CNC(=O)C(CCCN(O)C(C)=O)NC1=O. The number of carbonyl (C=O) groups is 14. The van der Waals surface area contributed by atoms with Gasteiger partial charge in [-0.1, -0.05) is 52.2 Å². The van der Waals surface area contributed by atoms with Gasteiger partial charge < -0.3 is 68.1 Å². The number of hydrogen-bond acceptors (Lipinski definition) is 20. The summed E-state index contributed by atoms with van der Waals surface area (Å²) in [7, 11) is 0. The van der Waals surface area contributed by atoms with E-state index in [-0.39, 0.29) is 64.6 Å². The van der Waals surface area contributed by atoms with Crippen molar-refractivity contribution in [3.8, 4) is 0 Å². The third-order valence-corrected chi connectivity index (χ3v) is 12.5. The Morgan fingerprint density at radius 1 is 0.536 bits per heavy atom. The van der Waals surface area contributed by atoms with E-state index in [9.17, 15) is 93.0 Å². The highest BCUT2D eigenvalue weighted by Gasteiger charge is 2.34. The summed E-state index contributed by atoms with van der Waals surface area (Å²) in [6.07, 6.45) is 6.09. The minimum absolute atomic E-state index is 0.137. The third-order valence-electron chi connectivity index (χ3n) is 12.5. The maximum absolute atomic E-state index is 14.0. The molecule has 13 amide bonds. The van der Waals surface area contributed by atoms with Crippen LogP contribution in [0.3, 0.4) is 0 Å². The van der Waals surface area contributed by atoms with Crippen LogP contribution >= 0.6 is 0 Å². The molecule has 7 atom stereocenters. The fourth-order valence-corrected chi connectivity index (χ4v) is 7.61. The van der Waals surface area contributed by atoms with Gasteiger partial charge in [0.15, 0.2) is 0 Å². The number of hydrogen-bond donors (Lipinski definition) is 15. The van der Waals surface area contributed by atoms with Gasteiger partial charge >= 0.3 is 5.97 Å². The van der Waals surface area contributed by atoms with Crippen molar-refractivity contribution in [3.63, 3.8) is 0 Å². The molecule has 0 aliphatic carbocycles. The van der Waals surface area contributed by atoms with E-state index in [1.807, 2.05) is 0 Å². The summed E-state index contributed by atoms with van der Waals surface area (Å²) in [5.41, 5.74) is 0. The normalized spacial score (nSPS) is 21.8. The molecule has 0 aromatic rings. The summed E-state index contributed by atoms with van der Waals surface area (Å²) >= 11 is 0. The van der Waals surface area contributed by atoms with Crippen LogP contribution in [0.5, 0.6) is 0 Å². The summed E-state index contributed by atoms with van der Waals surface area (Å²) in [4.78, 5) is 184. The molecule has 0 aromatic carbocycles. The van der Waals surface area contributed by atoms with Gasteiger partial charge in [-0.25, -0.2) is 15.2 Å².